The first-order valence-electron chi connectivity index (χ1n) is 8.83. The molecular weight excluding hydrogens is 408 g/mol. The number of hydrogen-bond donors (Lipinski definition) is 2. The number of carbonyl (C=O) groups excluding carboxylic acids is 1. The van der Waals surface area contributed by atoms with Gasteiger partial charge in [-0.1, -0.05) is 5.92 Å². The van der Waals surface area contributed by atoms with E-state index in [0.717, 1.165) is 23.2 Å². The monoisotopic (exact) mass is 422 g/mol. The van der Waals surface area contributed by atoms with Gasteiger partial charge in [-0.05, 0) is 30.9 Å². The third-order valence-electron chi connectivity index (χ3n) is 4.75. The highest BCUT2D eigenvalue weighted by molar-refractivity contribution is 5.90. The Balaban J connectivity index is 1.84. The number of cyclic esters (lactones) is 1. The molecule has 1 fully saturated rings. The van der Waals surface area contributed by atoms with E-state index in [1.807, 2.05) is 5.92 Å². The molecule has 30 heavy (non-hydrogen) atoms. The lowest BCUT2D eigenvalue weighted by molar-refractivity contribution is -0.239. The van der Waals surface area contributed by atoms with Crippen molar-refractivity contribution in [2.24, 2.45) is 5.92 Å². The largest absolute Gasteiger partial charge is 0.445 e. The molecule has 1 atom stereocenters. The minimum atomic E-state index is -5.11. The average molecular weight is 422 g/mol. The van der Waals surface area contributed by atoms with Crippen molar-refractivity contribution in [3.05, 3.63) is 52.0 Å². The topological polar surface area (TPSA) is 99.2 Å². The summed E-state index contributed by atoms with van der Waals surface area (Å²) in [5.41, 5.74) is 0.243. The number of hydrogen-bond acceptors (Lipinski definition) is 5. The van der Waals surface area contributed by atoms with Crippen LogP contribution in [-0.4, -0.2) is 21.8 Å². The van der Waals surface area contributed by atoms with Gasteiger partial charge in [-0.25, -0.2) is 14.2 Å². The molecule has 11 heteroatoms. The predicted octanol–water partition coefficient (Wildman–Crippen LogP) is 2.75. The van der Waals surface area contributed by atoms with Crippen molar-refractivity contribution in [1.29, 1.82) is 0 Å². The van der Waals surface area contributed by atoms with Gasteiger partial charge in [-0.15, -0.1) is 0 Å². The van der Waals surface area contributed by atoms with E-state index in [1.54, 1.807) is 0 Å². The van der Waals surface area contributed by atoms with Crippen LogP contribution < -0.4 is 16.6 Å². The number of nitrogens with zero attached hydrogens (tertiary/aromatic N) is 2. The maximum atomic E-state index is 14.8. The molecule has 0 spiro atoms. The highest BCUT2D eigenvalue weighted by Gasteiger charge is 2.62. The first-order valence-corrected chi connectivity index (χ1v) is 8.83. The van der Waals surface area contributed by atoms with Crippen molar-refractivity contribution >= 4 is 17.5 Å². The summed E-state index contributed by atoms with van der Waals surface area (Å²) in [7, 11) is 0. The van der Waals surface area contributed by atoms with Crippen LogP contribution in [0.15, 0.2) is 29.5 Å². The first kappa shape index (κ1) is 19.8. The fourth-order valence-corrected chi connectivity index (χ4v) is 3.03. The van der Waals surface area contributed by atoms with Crippen molar-refractivity contribution in [2.45, 2.75) is 31.2 Å². The van der Waals surface area contributed by atoms with E-state index in [2.05, 4.69) is 21.0 Å². The first-order chi connectivity index (χ1) is 14.1. The van der Waals surface area contributed by atoms with E-state index in [0.29, 0.717) is 18.9 Å². The van der Waals surface area contributed by atoms with Crippen LogP contribution in [0.3, 0.4) is 0 Å². The van der Waals surface area contributed by atoms with Gasteiger partial charge in [-0.3, -0.25) is 14.7 Å². The van der Waals surface area contributed by atoms with Gasteiger partial charge in [0.2, 0.25) is 0 Å². The third-order valence-corrected chi connectivity index (χ3v) is 4.75. The van der Waals surface area contributed by atoms with E-state index in [-0.39, 0.29) is 29.4 Å². The van der Waals surface area contributed by atoms with E-state index in [4.69, 9.17) is 5.73 Å². The van der Waals surface area contributed by atoms with Crippen LogP contribution in [0, 0.1) is 23.6 Å². The molecular formula is C19H14F4N4O3. The molecule has 2 aliphatic rings. The van der Waals surface area contributed by atoms with Gasteiger partial charge in [0.1, 0.15) is 11.5 Å². The number of nitrogens with one attached hydrogen (secondary N) is 1. The van der Waals surface area contributed by atoms with Crippen LogP contribution in [0.1, 0.15) is 24.0 Å². The van der Waals surface area contributed by atoms with E-state index in [1.165, 1.54) is 0 Å². The number of halogens is 4. The van der Waals surface area contributed by atoms with Crippen molar-refractivity contribution in [1.82, 2.24) is 9.55 Å². The molecule has 1 aliphatic heterocycles. The molecule has 156 valence electrons. The summed E-state index contributed by atoms with van der Waals surface area (Å²) in [6.45, 7) is -0.362. The highest BCUT2D eigenvalue weighted by Crippen LogP contribution is 2.48. The minimum absolute atomic E-state index is 0.156. The SMILES string of the molecule is Nc1cncn(Cc2cc3c(cc2F)[C@](C#CC2CC2)(C(F)(F)F)OC(=O)N3)c1=O. The predicted molar refractivity (Wildman–Crippen MR) is 96.7 cm³/mol. The van der Waals surface area contributed by atoms with Gasteiger partial charge in [0.05, 0.1) is 24.8 Å². The normalized spacial score (nSPS) is 20.5. The van der Waals surface area contributed by atoms with Gasteiger partial charge in [-0.2, -0.15) is 13.2 Å². The summed E-state index contributed by atoms with van der Waals surface area (Å²) in [5.74, 6) is 3.24. The summed E-state index contributed by atoms with van der Waals surface area (Å²) in [6, 6.07) is 1.63. The molecule has 0 saturated heterocycles. The van der Waals surface area contributed by atoms with Crippen molar-refractivity contribution in [2.75, 3.05) is 11.1 Å². The number of ether oxygens (including phenoxy) is 1. The number of nitrogens with two attached hydrogens (primary N) is 1. The fourth-order valence-electron chi connectivity index (χ4n) is 3.03. The van der Waals surface area contributed by atoms with Crippen LogP contribution in [-0.2, 0) is 16.9 Å². The molecule has 4 rings (SSSR count). The molecule has 0 radical (unpaired) electrons. The van der Waals surface area contributed by atoms with Crippen molar-refractivity contribution < 1.29 is 27.1 Å². The smallest absolute Gasteiger partial charge is 0.415 e. The molecule has 1 saturated carbocycles. The van der Waals surface area contributed by atoms with E-state index < -0.39 is 34.8 Å². The summed E-state index contributed by atoms with van der Waals surface area (Å²) in [4.78, 5) is 27.7. The van der Waals surface area contributed by atoms with Crippen molar-refractivity contribution in [3.63, 3.8) is 0 Å². The Morgan fingerprint density at radius 3 is 2.73 bits per heavy atom. The number of benzene rings is 1. The molecule has 3 N–H and O–H groups in total. The zero-order valence-corrected chi connectivity index (χ0v) is 15.2. The van der Waals surface area contributed by atoms with Crippen molar-refractivity contribution in [3.8, 4) is 11.8 Å². The lowest BCUT2D eigenvalue weighted by atomic mass is 9.89. The number of nitrogen functional groups attached to an aromatic ring is 1. The average Bonchev–Trinajstić information content (AvgIpc) is 3.48. The number of anilines is 2. The van der Waals surface area contributed by atoms with Gasteiger partial charge >= 0.3 is 12.3 Å². The Hall–Kier alpha value is -3.55. The second-order valence-corrected chi connectivity index (χ2v) is 7.01. The summed E-state index contributed by atoms with van der Waals surface area (Å²) >= 11 is 0. The van der Waals surface area contributed by atoms with Gasteiger partial charge in [0.25, 0.3) is 11.2 Å². The van der Waals surface area contributed by atoms with Gasteiger partial charge in [0, 0.05) is 17.0 Å². The Bertz CT molecular complexity index is 1160. The second-order valence-electron chi connectivity index (χ2n) is 7.01. The zero-order valence-electron chi connectivity index (χ0n) is 15.2. The Labute approximate surface area is 166 Å². The highest BCUT2D eigenvalue weighted by atomic mass is 19.4. The molecule has 2 aromatic rings. The van der Waals surface area contributed by atoms with Gasteiger partial charge in [0.15, 0.2) is 0 Å². The lowest BCUT2D eigenvalue weighted by Crippen LogP contribution is -2.49. The molecule has 1 aromatic heterocycles. The standard InChI is InChI=1S/C19H14F4N4O3/c20-13-6-12-15(5-11(13)8-27-9-25-7-14(24)16(27)28)26-17(29)30-18(12,19(21,22)23)4-3-10-1-2-10/h5-7,9-10H,1-2,8,24H2,(H,26,29)/t18-/m1/s1. The molecule has 1 aliphatic carbocycles. The van der Waals surface area contributed by atoms with E-state index >= 15 is 0 Å². The van der Waals surface area contributed by atoms with Crippen LogP contribution >= 0.6 is 0 Å². The molecule has 2 heterocycles. The minimum Gasteiger partial charge on any atom is -0.415 e. The number of rotatable bonds is 2. The van der Waals surface area contributed by atoms with Crippen LogP contribution in [0.4, 0.5) is 33.7 Å². The second kappa shape index (κ2) is 6.76. The van der Waals surface area contributed by atoms with Crippen LogP contribution in [0.2, 0.25) is 0 Å². The molecule has 7 nitrogen and oxygen atoms in total. The maximum Gasteiger partial charge on any atom is 0.445 e. The molecule has 0 unspecified atom stereocenters. The van der Waals surface area contributed by atoms with Gasteiger partial charge < -0.3 is 10.5 Å². The third kappa shape index (κ3) is 3.34. The summed E-state index contributed by atoms with van der Waals surface area (Å²) < 4.78 is 62.4. The quantitative estimate of drug-likeness (QED) is 0.573. The van der Waals surface area contributed by atoms with E-state index in [9.17, 15) is 27.2 Å². The number of fused-ring (bicyclic) bond motifs is 1. The Kier molecular flexibility index (Phi) is 4.45. The van der Waals surface area contributed by atoms with Crippen LogP contribution in [0.5, 0.6) is 0 Å². The Morgan fingerprint density at radius 2 is 2.07 bits per heavy atom. The number of carbonyl (C=O) groups is 1. The Morgan fingerprint density at radius 1 is 1.33 bits per heavy atom. The van der Waals surface area contributed by atoms with Crippen LogP contribution in [0.25, 0.3) is 0 Å². The number of alkyl halides is 3. The fraction of sp³-hybridized carbons (Fsp3) is 0.316. The molecule has 1 amide bonds. The number of aromatic nitrogens is 2. The molecule has 1 aromatic carbocycles. The molecule has 0 bridgehead atoms. The summed E-state index contributed by atoms with van der Waals surface area (Å²) in [6.07, 6.45) is -2.95. The zero-order chi connectivity index (χ0) is 21.7. The summed E-state index contributed by atoms with van der Waals surface area (Å²) in [5, 5.41) is 2.15. The maximum absolute atomic E-state index is 14.8. The number of amides is 1. The lowest BCUT2D eigenvalue weighted by Gasteiger charge is -2.36.